The number of nitrogens with zero attached hydrogens (tertiary/aromatic N) is 1. The smallest absolute Gasteiger partial charge is 0.317 e. The molecule has 1 aliphatic rings. The second-order valence-electron chi connectivity index (χ2n) is 6.04. The molecule has 136 valence electrons. The van der Waals surface area contributed by atoms with Crippen molar-refractivity contribution in [1.29, 1.82) is 0 Å². The van der Waals surface area contributed by atoms with Gasteiger partial charge in [0.1, 0.15) is 11.4 Å². The summed E-state index contributed by atoms with van der Waals surface area (Å²) in [7, 11) is 0. The molecule has 2 aromatic rings. The van der Waals surface area contributed by atoms with Crippen LogP contribution in [0, 0.1) is 5.82 Å². The standard InChI is InChI=1S/C18H19FN4O3/c19-13-4-1-3-12(9-13)10-14(23-8-7-21-18(23)26)11-22-17(25)15-5-2-6-20-16(15)24/h1-6,9,14H,7-8,10-11H2,(H,20,24)(H,21,26)(H,22,25)/t14-/m0/s1. The zero-order valence-electron chi connectivity index (χ0n) is 14.0. The van der Waals surface area contributed by atoms with Gasteiger partial charge in [0.25, 0.3) is 11.5 Å². The molecule has 8 heteroatoms. The summed E-state index contributed by atoms with van der Waals surface area (Å²) in [5.74, 6) is -0.873. The van der Waals surface area contributed by atoms with Crippen LogP contribution in [0.2, 0.25) is 0 Å². The van der Waals surface area contributed by atoms with Crippen LogP contribution in [0.15, 0.2) is 47.4 Å². The largest absolute Gasteiger partial charge is 0.350 e. The van der Waals surface area contributed by atoms with Crippen LogP contribution in [0.5, 0.6) is 0 Å². The Morgan fingerprint density at radius 1 is 1.27 bits per heavy atom. The van der Waals surface area contributed by atoms with E-state index in [4.69, 9.17) is 0 Å². The molecule has 1 fully saturated rings. The topological polar surface area (TPSA) is 94.3 Å². The molecule has 0 radical (unpaired) electrons. The Labute approximate surface area is 149 Å². The molecule has 2 heterocycles. The molecule has 1 aromatic heterocycles. The molecule has 1 aromatic carbocycles. The molecule has 0 bridgehead atoms. The van der Waals surface area contributed by atoms with Crippen LogP contribution in [0.4, 0.5) is 9.18 Å². The van der Waals surface area contributed by atoms with Crippen molar-refractivity contribution in [2.24, 2.45) is 0 Å². The van der Waals surface area contributed by atoms with Crippen molar-refractivity contribution in [3.05, 3.63) is 69.9 Å². The maximum absolute atomic E-state index is 13.5. The van der Waals surface area contributed by atoms with E-state index >= 15 is 0 Å². The number of hydrogen-bond donors (Lipinski definition) is 3. The van der Waals surface area contributed by atoms with E-state index in [0.29, 0.717) is 19.5 Å². The van der Waals surface area contributed by atoms with Crippen LogP contribution in [0.25, 0.3) is 0 Å². The van der Waals surface area contributed by atoms with Gasteiger partial charge in [0.05, 0.1) is 6.04 Å². The molecule has 0 aliphatic carbocycles. The first-order valence-electron chi connectivity index (χ1n) is 8.29. The molecule has 1 aliphatic heterocycles. The summed E-state index contributed by atoms with van der Waals surface area (Å²) >= 11 is 0. The minimum atomic E-state index is -0.518. The lowest BCUT2D eigenvalue weighted by atomic mass is 10.0. The van der Waals surface area contributed by atoms with E-state index in [-0.39, 0.29) is 30.0 Å². The lowest BCUT2D eigenvalue weighted by Gasteiger charge is -2.27. The highest BCUT2D eigenvalue weighted by Crippen LogP contribution is 2.13. The predicted molar refractivity (Wildman–Crippen MR) is 93.4 cm³/mol. The number of hydrogen-bond acceptors (Lipinski definition) is 3. The number of aromatic amines is 1. The minimum Gasteiger partial charge on any atom is -0.350 e. The van der Waals surface area contributed by atoms with Crippen LogP contribution in [0.3, 0.4) is 0 Å². The molecule has 3 amide bonds. The quantitative estimate of drug-likeness (QED) is 0.715. The number of aromatic nitrogens is 1. The van der Waals surface area contributed by atoms with Gasteiger partial charge in [0.15, 0.2) is 0 Å². The molecule has 1 saturated heterocycles. The zero-order valence-corrected chi connectivity index (χ0v) is 14.0. The first-order chi connectivity index (χ1) is 12.5. The Balaban J connectivity index is 1.73. The Hall–Kier alpha value is -3.16. The first-order valence-corrected chi connectivity index (χ1v) is 8.29. The fourth-order valence-electron chi connectivity index (χ4n) is 2.97. The summed E-state index contributed by atoms with van der Waals surface area (Å²) in [4.78, 5) is 40.0. The van der Waals surface area contributed by atoms with Crippen molar-refractivity contribution in [3.8, 4) is 0 Å². The van der Waals surface area contributed by atoms with Gasteiger partial charge in [-0.1, -0.05) is 12.1 Å². The lowest BCUT2D eigenvalue weighted by Crippen LogP contribution is -2.47. The molecular formula is C18H19FN4O3. The summed E-state index contributed by atoms with van der Waals surface area (Å²) in [5.41, 5.74) is 0.245. The Kier molecular flexibility index (Phi) is 5.31. The number of amides is 3. The molecule has 0 unspecified atom stereocenters. The number of nitrogens with one attached hydrogen (secondary N) is 3. The van der Waals surface area contributed by atoms with E-state index in [1.807, 2.05) is 0 Å². The van der Waals surface area contributed by atoms with Gasteiger partial charge in [-0.15, -0.1) is 0 Å². The zero-order chi connectivity index (χ0) is 18.5. The average molecular weight is 358 g/mol. The van der Waals surface area contributed by atoms with Crippen LogP contribution >= 0.6 is 0 Å². The van der Waals surface area contributed by atoms with E-state index in [0.717, 1.165) is 5.56 Å². The lowest BCUT2D eigenvalue weighted by molar-refractivity contribution is 0.0938. The molecule has 7 nitrogen and oxygen atoms in total. The van der Waals surface area contributed by atoms with Gasteiger partial charge in [-0.05, 0) is 36.2 Å². The fourth-order valence-corrected chi connectivity index (χ4v) is 2.97. The van der Waals surface area contributed by atoms with E-state index in [1.165, 1.54) is 24.4 Å². The SMILES string of the molecule is O=C(NC[C@H](Cc1cccc(F)c1)N1CCNC1=O)c1ccc[nH]c1=O. The third kappa shape index (κ3) is 4.08. The molecule has 3 rings (SSSR count). The molecule has 1 atom stereocenters. The highest BCUT2D eigenvalue weighted by atomic mass is 19.1. The van der Waals surface area contributed by atoms with Gasteiger partial charge >= 0.3 is 6.03 Å². The second kappa shape index (κ2) is 7.81. The van der Waals surface area contributed by atoms with Crippen molar-refractivity contribution in [3.63, 3.8) is 0 Å². The Morgan fingerprint density at radius 3 is 2.81 bits per heavy atom. The fraction of sp³-hybridized carbons (Fsp3) is 0.278. The number of benzene rings is 1. The van der Waals surface area contributed by atoms with Crippen LogP contribution < -0.4 is 16.2 Å². The van der Waals surface area contributed by atoms with E-state index in [1.54, 1.807) is 23.1 Å². The third-order valence-corrected chi connectivity index (χ3v) is 4.25. The predicted octanol–water partition coefficient (Wildman–Crippen LogP) is 0.880. The number of H-pyrrole nitrogens is 1. The minimum absolute atomic E-state index is 0.00267. The van der Waals surface area contributed by atoms with Gasteiger partial charge in [0.2, 0.25) is 0 Å². The van der Waals surface area contributed by atoms with Crippen LogP contribution in [-0.4, -0.2) is 47.5 Å². The molecule has 3 N–H and O–H groups in total. The number of pyridine rings is 1. The number of carbonyl (C=O) groups excluding carboxylic acids is 2. The summed E-state index contributed by atoms with van der Waals surface area (Å²) in [6, 6.07) is 8.55. The van der Waals surface area contributed by atoms with Crippen LogP contribution in [-0.2, 0) is 6.42 Å². The summed E-state index contributed by atoms with van der Waals surface area (Å²) in [5, 5.41) is 5.42. The van der Waals surface area contributed by atoms with E-state index in [9.17, 15) is 18.8 Å². The molecule has 0 spiro atoms. The maximum Gasteiger partial charge on any atom is 0.317 e. The van der Waals surface area contributed by atoms with Gasteiger partial charge < -0.3 is 20.5 Å². The summed E-state index contributed by atoms with van der Waals surface area (Å²) < 4.78 is 13.5. The van der Waals surface area contributed by atoms with Crippen molar-refractivity contribution >= 4 is 11.9 Å². The highest BCUT2D eigenvalue weighted by molar-refractivity contribution is 5.93. The van der Waals surface area contributed by atoms with Gasteiger partial charge in [-0.25, -0.2) is 9.18 Å². The Bertz CT molecular complexity index is 867. The highest BCUT2D eigenvalue weighted by Gasteiger charge is 2.28. The summed E-state index contributed by atoms with van der Waals surface area (Å²) in [6.07, 6.45) is 1.83. The number of carbonyl (C=O) groups is 2. The monoisotopic (exact) mass is 358 g/mol. The first kappa shape index (κ1) is 17.7. The second-order valence-corrected chi connectivity index (χ2v) is 6.04. The molecule has 0 saturated carbocycles. The van der Waals surface area contributed by atoms with E-state index < -0.39 is 11.5 Å². The van der Waals surface area contributed by atoms with Crippen LogP contribution in [0.1, 0.15) is 15.9 Å². The average Bonchev–Trinajstić information content (AvgIpc) is 3.04. The Morgan fingerprint density at radius 2 is 2.12 bits per heavy atom. The van der Waals surface area contributed by atoms with Gasteiger partial charge in [0, 0.05) is 25.8 Å². The maximum atomic E-state index is 13.5. The number of urea groups is 1. The van der Waals surface area contributed by atoms with E-state index in [2.05, 4.69) is 15.6 Å². The van der Waals surface area contributed by atoms with Crippen molar-refractivity contribution < 1.29 is 14.0 Å². The van der Waals surface area contributed by atoms with Gasteiger partial charge in [-0.2, -0.15) is 0 Å². The summed E-state index contributed by atoms with van der Waals surface area (Å²) in [6.45, 7) is 1.17. The van der Waals surface area contributed by atoms with Crippen molar-refractivity contribution in [2.45, 2.75) is 12.5 Å². The third-order valence-electron chi connectivity index (χ3n) is 4.25. The molecule has 26 heavy (non-hydrogen) atoms. The number of halogens is 1. The molecular weight excluding hydrogens is 339 g/mol. The van der Waals surface area contributed by atoms with Gasteiger partial charge in [-0.3, -0.25) is 9.59 Å². The van der Waals surface area contributed by atoms with Crippen molar-refractivity contribution in [1.82, 2.24) is 20.5 Å². The normalized spacial score (nSPS) is 14.8. The number of rotatable bonds is 6. The van der Waals surface area contributed by atoms with Crippen molar-refractivity contribution in [2.75, 3.05) is 19.6 Å².